The first-order valence-electron chi connectivity index (χ1n) is 13.7. The van der Waals surface area contributed by atoms with Gasteiger partial charge in [-0.15, -0.1) is 0 Å². The van der Waals surface area contributed by atoms with Gasteiger partial charge in [-0.05, 0) is 42.7 Å². The molecule has 1 fully saturated rings. The number of ether oxygens (including phenoxy) is 1. The maximum Gasteiger partial charge on any atom is 0.343 e. The number of anilines is 1. The summed E-state index contributed by atoms with van der Waals surface area (Å²) in [6.45, 7) is 13.4. The summed E-state index contributed by atoms with van der Waals surface area (Å²) in [5, 5.41) is 5.95. The standard InChI is InChI=1S/C30H39N5O5/c1-16-14-17(2)23(18(3)15-16)40-28(39)22-21(27(38)34(8)19(4)36)24(31-26(37)20-12-10-9-11-13-20)35-25(22)32-29(33-35)30(5,6)7/h9-13,16-18,23H,14-15H2,1-8H3,(H,31,37)(H,32,33). The first-order chi connectivity index (χ1) is 18.7. The number of hydrogen-bond donors (Lipinski definition) is 2. The van der Waals surface area contributed by atoms with Crippen molar-refractivity contribution in [1.82, 2.24) is 19.5 Å². The number of aromatic nitrogens is 3. The third kappa shape index (κ3) is 5.52. The monoisotopic (exact) mass is 549 g/mol. The van der Waals surface area contributed by atoms with Crippen LogP contribution >= 0.6 is 0 Å². The Morgan fingerprint density at radius 1 is 1.02 bits per heavy atom. The largest absolute Gasteiger partial charge is 0.458 e. The van der Waals surface area contributed by atoms with Crippen molar-refractivity contribution in [3.63, 3.8) is 0 Å². The molecule has 0 saturated heterocycles. The van der Waals surface area contributed by atoms with Gasteiger partial charge in [0.2, 0.25) is 5.91 Å². The summed E-state index contributed by atoms with van der Waals surface area (Å²) >= 11 is 0. The van der Waals surface area contributed by atoms with Crippen LogP contribution in [0.4, 0.5) is 5.82 Å². The molecule has 1 aliphatic rings. The molecule has 0 spiro atoms. The fourth-order valence-corrected chi connectivity index (χ4v) is 5.56. The third-order valence-electron chi connectivity index (χ3n) is 7.67. The molecule has 1 aliphatic carbocycles. The van der Waals surface area contributed by atoms with Gasteiger partial charge in [0.1, 0.15) is 28.9 Å². The highest BCUT2D eigenvalue weighted by molar-refractivity contribution is 6.18. The molecule has 2 atom stereocenters. The minimum Gasteiger partial charge on any atom is -0.458 e. The zero-order valence-corrected chi connectivity index (χ0v) is 24.5. The van der Waals surface area contributed by atoms with Gasteiger partial charge >= 0.3 is 5.97 Å². The Bertz CT molecular complexity index is 1440. The lowest BCUT2D eigenvalue weighted by Crippen LogP contribution is -2.38. The first-order valence-corrected chi connectivity index (χ1v) is 13.7. The highest BCUT2D eigenvalue weighted by Crippen LogP contribution is 2.37. The minimum atomic E-state index is -0.752. The van der Waals surface area contributed by atoms with Crippen molar-refractivity contribution >= 4 is 35.2 Å². The molecule has 3 aromatic rings. The summed E-state index contributed by atoms with van der Waals surface area (Å²) in [6.07, 6.45) is 1.48. The molecule has 1 aromatic carbocycles. The number of nitrogens with zero attached hydrogens (tertiary/aromatic N) is 3. The second kappa shape index (κ2) is 10.9. The maximum atomic E-state index is 14.0. The van der Waals surface area contributed by atoms with Gasteiger partial charge < -0.3 is 10.1 Å². The molecule has 4 rings (SSSR count). The topological polar surface area (TPSA) is 126 Å². The highest BCUT2D eigenvalue weighted by atomic mass is 16.5. The SMILES string of the molecule is CC(=O)N(C)C(=O)c1c(C(=O)OC2C(C)CC(C)CC2C)c2nc(C(C)(C)C)[nH]n2c1NC(=O)c1ccccc1. The number of H-pyrrole nitrogens is 1. The summed E-state index contributed by atoms with van der Waals surface area (Å²) in [5.41, 5.74) is -0.191. The van der Waals surface area contributed by atoms with Crippen LogP contribution in [0.3, 0.4) is 0 Å². The van der Waals surface area contributed by atoms with E-state index in [9.17, 15) is 19.2 Å². The predicted molar refractivity (Wildman–Crippen MR) is 151 cm³/mol. The van der Waals surface area contributed by atoms with Gasteiger partial charge in [-0.3, -0.25) is 24.4 Å². The number of hydrogen-bond acceptors (Lipinski definition) is 6. The van der Waals surface area contributed by atoms with E-state index in [4.69, 9.17) is 9.72 Å². The van der Waals surface area contributed by atoms with Crippen molar-refractivity contribution in [1.29, 1.82) is 0 Å². The molecule has 40 heavy (non-hydrogen) atoms. The summed E-state index contributed by atoms with van der Waals surface area (Å²) in [7, 11) is 1.33. The summed E-state index contributed by atoms with van der Waals surface area (Å²) < 4.78 is 7.54. The summed E-state index contributed by atoms with van der Waals surface area (Å²) in [6, 6.07) is 8.51. The Morgan fingerprint density at radius 2 is 1.62 bits per heavy atom. The Kier molecular flexibility index (Phi) is 7.92. The first kappa shape index (κ1) is 29.0. The molecule has 2 N–H and O–H groups in total. The van der Waals surface area contributed by atoms with E-state index in [2.05, 4.69) is 31.2 Å². The Labute approximate surface area is 234 Å². The van der Waals surface area contributed by atoms with E-state index in [1.807, 2.05) is 20.8 Å². The van der Waals surface area contributed by atoms with Crippen LogP contribution in [0.2, 0.25) is 0 Å². The fourth-order valence-electron chi connectivity index (χ4n) is 5.56. The van der Waals surface area contributed by atoms with E-state index in [0.717, 1.165) is 17.7 Å². The van der Waals surface area contributed by atoms with Crippen molar-refractivity contribution in [2.75, 3.05) is 12.4 Å². The molecule has 10 nitrogen and oxygen atoms in total. The van der Waals surface area contributed by atoms with Crippen LogP contribution in [0.1, 0.15) is 98.2 Å². The van der Waals surface area contributed by atoms with Crippen LogP contribution in [-0.2, 0) is 14.9 Å². The van der Waals surface area contributed by atoms with Gasteiger partial charge in [-0.25, -0.2) is 14.3 Å². The number of carbonyl (C=O) groups excluding carboxylic acids is 4. The smallest absolute Gasteiger partial charge is 0.343 e. The average Bonchev–Trinajstić information content (AvgIpc) is 3.44. The number of benzene rings is 1. The molecule has 2 unspecified atom stereocenters. The molecular weight excluding hydrogens is 510 g/mol. The van der Waals surface area contributed by atoms with Crippen LogP contribution in [-0.4, -0.2) is 56.3 Å². The molecule has 2 heterocycles. The molecule has 3 amide bonds. The number of rotatable bonds is 5. The Balaban J connectivity index is 1.91. The van der Waals surface area contributed by atoms with Gasteiger partial charge in [0, 0.05) is 24.9 Å². The molecule has 0 aliphatic heterocycles. The maximum absolute atomic E-state index is 14.0. The molecular formula is C30H39N5O5. The predicted octanol–water partition coefficient (Wildman–Crippen LogP) is 5.06. The van der Waals surface area contributed by atoms with Gasteiger partial charge in [0.15, 0.2) is 5.65 Å². The van der Waals surface area contributed by atoms with Crippen molar-refractivity contribution in [3.05, 3.63) is 52.8 Å². The summed E-state index contributed by atoms with van der Waals surface area (Å²) in [4.78, 5) is 58.9. The van der Waals surface area contributed by atoms with E-state index in [1.54, 1.807) is 30.3 Å². The van der Waals surface area contributed by atoms with Crippen molar-refractivity contribution in [3.8, 4) is 0 Å². The van der Waals surface area contributed by atoms with Gasteiger partial charge in [-0.2, -0.15) is 0 Å². The second-order valence-corrected chi connectivity index (χ2v) is 12.2. The van der Waals surface area contributed by atoms with Gasteiger partial charge in [0.25, 0.3) is 11.8 Å². The van der Waals surface area contributed by atoms with Crippen LogP contribution in [0.15, 0.2) is 30.3 Å². The molecule has 2 aromatic heterocycles. The number of imide groups is 1. The fraction of sp³-hybridized carbons (Fsp3) is 0.500. The van der Waals surface area contributed by atoms with Crippen molar-refractivity contribution in [2.45, 2.75) is 72.8 Å². The number of esters is 1. The van der Waals surface area contributed by atoms with Crippen LogP contribution < -0.4 is 5.32 Å². The van der Waals surface area contributed by atoms with Crippen LogP contribution in [0, 0.1) is 17.8 Å². The minimum absolute atomic E-state index is 0.00951. The lowest BCUT2D eigenvalue weighted by molar-refractivity contribution is -0.125. The lowest BCUT2D eigenvalue weighted by Gasteiger charge is -2.37. The van der Waals surface area contributed by atoms with Crippen LogP contribution in [0.5, 0.6) is 0 Å². The quantitative estimate of drug-likeness (QED) is 0.429. The Morgan fingerprint density at radius 3 is 2.17 bits per heavy atom. The molecule has 10 heteroatoms. The Hall–Kier alpha value is -3.95. The van der Waals surface area contributed by atoms with Gasteiger partial charge in [0.05, 0.1) is 0 Å². The van der Waals surface area contributed by atoms with E-state index >= 15 is 0 Å². The molecule has 1 saturated carbocycles. The lowest BCUT2D eigenvalue weighted by atomic mass is 9.75. The molecule has 0 bridgehead atoms. The van der Waals surface area contributed by atoms with E-state index < -0.39 is 29.1 Å². The average molecular weight is 550 g/mol. The number of aromatic amines is 1. The van der Waals surface area contributed by atoms with E-state index in [0.29, 0.717) is 17.3 Å². The van der Waals surface area contributed by atoms with Crippen LogP contribution in [0.25, 0.3) is 5.65 Å². The highest BCUT2D eigenvalue weighted by Gasteiger charge is 2.39. The number of fused-ring (bicyclic) bond motifs is 1. The van der Waals surface area contributed by atoms with Gasteiger partial charge in [-0.1, -0.05) is 59.7 Å². The summed E-state index contributed by atoms with van der Waals surface area (Å²) in [5.74, 6) is -1.16. The molecule has 214 valence electrons. The van der Waals surface area contributed by atoms with Crippen molar-refractivity contribution < 1.29 is 23.9 Å². The zero-order valence-electron chi connectivity index (χ0n) is 24.5. The van der Waals surface area contributed by atoms with Crippen molar-refractivity contribution in [2.24, 2.45) is 17.8 Å². The van der Waals surface area contributed by atoms with E-state index in [-0.39, 0.29) is 40.5 Å². The normalized spacial score (nSPS) is 21.2. The number of amides is 3. The zero-order chi connectivity index (χ0) is 29.5. The number of nitrogens with one attached hydrogen (secondary N) is 2. The molecule has 0 radical (unpaired) electrons. The van der Waals surface area contributed by atoms with E-state index in [1.165, 1.54) is 18.5 Å². The number of carbonyl (C=O) groups is 4. The second-order valence-electron chi connectivity index (χ2n) is 12.2. The third-order valence-corrected chi connectivity index (χ3v) is 7.67.